The van der Waals surface area contributed by atoms with Crippen molar-refractivity contribution in [2.75, 3.05) is 5.32 Å². The molecule has 20 heavy (non-hydrogen) atoms. The highest BCUT2D eigenvalue weighted by atomic mass is 35.5. The van der Waals surface area contributed by atoms with E-state index in [1.165, 1.54) is 6.07 Å². The zero-order chi connectivity index (χ0) is 14.8. The second kappa shape index (κ2) is 5.75. The highest BCUT2D eigenvalue weighted by molar-refractivity contribution is 6.31. The predicted octanol–water partition coefficient (Wildman–Crippen LogP) is 4.71. The summed E-state index contributed by atoms with van der Waals surface area (Å²) in [7, 11) is 0. The number of imidazole rings is 1. The number of alkyl halides is 3. The molecule has 0 radical (unpaired) electrons. The van der Waals surface area contributed by atoms with Crippen molar-refractivity contribution in [1.29, 1.82) is 0 Å². The molecule has 108 valence electrons. The van der Waals surface area contributed by atoms with Crippen molar-refractivity contribution < 1.29 is 13.2 Å². The van der Waals surface area contributed by atoms with Gasteiger partial charge in [-0.3, -0.25) is 0 Å². The number of nitrogens with one attached hydrogen (secondary N) is 1. The first-order valence-electron chi connectivity index (χ1n) is 6.06. The van der Waals surface area contributed by atoms with E-state index in [-0.39, 0.29) is 10.7 Å². The molecule has 1 N–H and O–H groups in total. The lowest BCUT2D eigenvalue weighted by Gasteiger charge is -2.12. The van der Waals surface area contributed by atoms with E-state index in [2.05, 4.69) is 10.3 Å². The molecule has 3 nitrogen and oxygen atoms in total. The molecule has 1 heterocycles. The lowest BCUT2D eigenvalue weighted by atomic mass is 10.2. The van der Waals surface area contributed by atoms with Crippen LogP contribution in [0.2, 0.25) is 5.02 Å². The molecule has 0 saturated heterocycles. The standard InChI is InChI=1S/C13H13ClF3N3/c1-2-4-20-5-3-18-12(20)19-11-7-9(13(15,16)17)6-10(14)8-11/h3,5-8H,2,4H2,1H3,(H,18,19). The number of anilines is 2. The molecule has 0 aliphatic rings. The second-order valence-corrected chi connectivity index (χ2v) is 4.73. The highest BCUT2D eigenvalue weighted by Crippen LogP contribution is 2.33. The summed E-state index contributed by atoms with van der Waals surface area (Å²) in [5.41, 5.74) is -0.533. The van der Waals surface area contributed by atoms with E-state index in [9.17, 15) is 13.2 Å². The molecule has 0 aliphatic heterocycles. The van der Waals surface area contributed by atoms with E-state index < -0.39 is 11.7 Å². The lowest BCUT2D eigenvalue weighted by molar-refractivity contribution is -0.137. The number of aryl methyl sites for hydroxylation is 1. The molecule has 2 rings (SSSR count). The van der Waals surface area contributed by atoms with Crippen LogP contribution in [0.3, 0.4) is 0 Å². The van der Waals surface area contributed by atoms with Gasteiger partial charge >= 0.3 is 6.18 Å². The molecule has 1 aromatic heterocycles. The van der Waals surface area contributed by atoms with Crippen LogP contribution < -0.4 is 5.32 Å². The smallest absolute Gasteiger partial charge is 0.326 e. The van der Waals surface area contributed by atoms with Gasteiger partial charge in [-0.15, -0.1) is 0 Å². The minimum absolute atomic E-state index is 0.0240. The number of halogens is 4. The maximum Gasteiger partial charge on any atom is 0.416 e. The van der Waals surface area contributed by atoms with Gasteiger partial charge in [0.2, 0.25) is 5.95 Å². The Balaban J connectivity index is 2.29. The van der Waals surface area contributed by atoms with Crippen molar-refractivity contribution in [2.24, 2.45) is 0 Å². The van der Waals surface area contributed by atoms with Crippen molar-refractivity contribution in [3.05, 3.63) is 41.2 Å². The number of rotatable bonds is 4. The topological polar surface area (TPSA) is 29.9 Å². The molecular weight excluding hydrogens is 291 g/mol. The summed E-state index contributed by atoms with van der Waals surface area (Å²) in [4.78, 5) is 4.08. The third-order valence-electron chi connectivity index (χ3n) is 2.66. The number of benzene rings is 1. The van der Waals surface area contributed by atoms with Gasteiger partial charge in [0, 0.05) is 29.6 Å². The first-order valence-corrected chi connectivity index (χ1v) is 6.44. The van der Waals surface area contributed by atoms with Crippen molar-refractivity contribution in [3.8, 4) is 0 Å². The van der Waals surface area contributed by atoms with Gasteiger partial charge in [0.15, 0.2) is 0 Å². The Morgan fingerprint density at radius 3 is 2.70 bits per heavy atom. The van der Waals surface area contributed by atoms with Gasteiger partial charge in [0.05, 0.1) is 5.56 Å². The second-order valence-electron chi connectivity index (χ2n) is 4.30. The van der Waals surface area contributed by atoms with Crippen LogP contribution in [0.15, 0.2) is 30.6 Å². The van der Waals surface area contributed by atoms with Crippen LogP contribution in [-0.4, -0.2) is 9.55 Å². The van der Waals surface area contributed by atoms with Crippen molar-refractivity contribution >= 4 is 23.2 Å². The average molecular weight is 304 g/mol. The van der Waals surface area contributed by atoms with Crippen LogP contribution >= 0.6 is 11.6 Å². The van der Waals surface area contributed by atoms with Crippen LogP contribution in [0.1, 0.15) is 18.9 Å². The van der Waals surface area contributed by atoms with Crippen LogP contribution in [0.25, 0.3) is 0 Å². The lowest BCUT2D eigenvalue weighted by Crippen LogP contribution is -2.07. The van der Waals surface area contributed by atoms with E-state index in [0.717, 1.165) is 25.1 Å². The molecule has 0 aliphatic carbocycles. The fraction of sp³-hybridized carbons (Fsp3) is 0.308. The Bertz CT molecular complexity index is 593. The average Bonchev–Trinajstić information content (AvgIpc) is 2.75. The Morgan fingerprint density at radius 2 is 2.05 bits per heavy atom. The minimum Gasteiger partial charge on any atom is -0.326 e. The monoisotopic (exact) mass is 303 g/mol. The molecule has 1 aromatic carbocycles. The van der Waals surface area contributed by atoms with Crippen molar-refractivity contribution in [3.63, 3.8) is 0 Å². The van der Waals surface area contributed by atoms with Crippen LogP contribution in [-0.2, 0) is 12.7 Å². The zero-order valence-electron chi connectivity index (χ0n) is 10.7. The normalized spacial score (nSPS) is 11.7. The van der Waals surface area contributed by atoms with Crippen molar-refractivity contribution in [1.82, 2.24) is 9.55 Å². The van der Waals surface area contributed by atoms with Crippen LogP contribution in [0.5, 0.6) is 0 Å². The molecular formula is C13H13ClF3N3. The summed E-state index contributed by atoms with van der Waals surface area (Å²) in [6, 6.07) is 3.34. The summed E-state index contributed by atoms with van der Waals surface area (Å²) in [5.74, 6) is 0.488. The first-order chi connectivity index (χ1) is 9.40. The summed E-state index contributed by atoms with van der Waals surface area (Å²) >= 11 is 5.73. The van der Waals surface area contributed by atoms with E-state index in [0.29, 0.717) is 5.95 Å². The molecule has 2 aromatic rings. The molecule has 0 amide bonds. The number of nitrogens with zero attached hydrogens (tertiary/aromatic N) is 2. The zero-order valence-corrected chi connectivity index (χ0v) is 11.5. The number of hydrogen-bond donors (Lipinski definition) is 1. The highest BCUT2D eigenvalue weighted by Gasteiger charge is 2.31. The number of hydrogen-bond acceptors (Lipinski definition) is 2. The molecule has 7 heteroatoms. The molecule has 0 bridgehead atoms. The SMILES string of the molecule is CCCn1ccnc1Nc1cc(Cl)cc(C(F)(F)F)c1. The van der Waals surface area contributed by atoms with E-state index in [1.807, 2.05) is 11.5 Å². The largest absolute Gasteiger partial charge is 0.416 e. The van der Waals surface area contributed by atoms with E-state index >= 15 is 0 Å². The first kappa shape index (κ1) is 14.7. The quantitative estimate of drug-likeness (QED) is 0.886. The molecule has 0 saturated carbocycles. The summed E-state index contributed by atoms with van der Waals surface area (Å²) in [6.07, 6.45) is -0.178. The summed E-state index contributed by atoms with van der Waals surface area (Å²) < 4.78 is 40.0. The number of aromatic nitrogens is 2. The molecule has 0 spiro atoms. The van der Waals surface area contributed by atoms with Gasteiger partial charge in [0.1, 0.15) is 0 Å². The third kappa shape index (κ3) is 3.45. The molecule has 0 fully saturated rings. The third-order valence-corrected chi connectivity index (χ3v) is 2.88. The Hall–Kier alpha value is -1.69. The Morgan fingerprint density at radius 1 is 1.30 bits per heavy atom. The predicted molar refractivity (Wildman–Crippen MR) is 72.3 cm³/mol. The van der Waals surface area contributed by atoms with Gasteiger partial charge in [-0.1, -0.05) is 18.5 Å². The van der Waals surface area contributed by atoms with Gasteiger partial charge in [-0.05, 0) is 24.6 Å². The summed E-state index contributed by atoms with van der Waals surface area (Å²) in [5, 5.41) is 2.88. The van der Waals surface area contributed by atoms with Gasteiger partial charge < -0.3 is 9.88 Å². The van der Waals surface area contributed by atoms with Gasteiger partial charge in [-0.2, -0.15) is 13.2 Å². The minimum atomic E-state index is -4.43. The van der Waals surface area contributed by atoms with E-state index in [1.54, 1.807) is 12.4 Å². The fourth-order valence-electron chi connectivity index (χ4n) is 1.81. The van der Waals surface area contributed by atoms with Gasteiger partial charge in [0.25, 0.3) is 0 Å². The fourth-order valence-corrected chi connectivity index (χ4v) is 2.04. The van der Waals surface area contributed by atoms with Crippen LogP contribution in [0, 0.1) is 0 Å². The van der Waals surface area contributed by atoms with Crippen LogP contribution in [0.4, 0.5) is 24.8 Å². The molecule has 0 unspecified atom stereocenters. The Kier molecular flexibility index (Phi) is 4.23. The van der Waals surface area contributed by atoms with Crippen molar-refractivity contribution in [2.45, 2.75) is 26.1 Å². The maximum absolute atomic E-state index is 12.7. The molecule has 0 atom stereocenters. The van der Waals surface area contributed by atoms with E-state index in [4.69, 9.17) is 11.6 Å². The maximum atomic E-state index is 12.7. The van der Waals surface area contributed by atoms with Gasteiger partial charge in [-0.25, -0.2) is 4.98 Å². The summed E-state index contributed by atoms with van der Waals surface area (Å²) in [6.45, 7) is 2.74. The Labute approximate surface area is 119 Å².